The average molecular weight is 256 g/mol. The molecule has 0 fully saturated rings. The molecule has 3 aromatic rings. The number of nitrogens with one attached hydrogen (secondary N) is 1. The molecule has 0 saturated carbocycles. The Morgan fingerprint density at radius 3 is 3.00 bits per heavy atom. The summed E-state index contributed by atoms with van der Waals surface area (Å²) >= 11 is 4.72. The van der Waals surface area contributed by atoms with Gasteiger partial charge in [0.15, 0.2) is 11.2 Å². The molecule has 3 aromatic heterocycles. The van der Waals surface area contributed by atoms with Gasteiger partial charge in [-0.3, -0.25) is 0 Å². The van der Waals surface area contributed by atoms with E-state index in [1.165, 1.54) is 5.49 Å². The maximum atomic E-state index is 5.62. The minimum absolute atomic E-state index is 0.513. The first-order valence-corrected chi connectivity index (χ1v) is 5.72. The van der Waals surface area contributed by atoms with Crippen molar-refractivity contribution in [3.8, 4) is 11.5 Å². The third kappa shape index (κ3) is 1.93. The van der Waals surface area contributed by atoms with Crippen LogP contribution in [0.2, 0.25) is 0 Å². The van der Waals surface area contributed by atoms with E-state index in [2.05, 4.69) is 20.3 Å². The fourth-order valence-electron chi connectivity index (χ4n) is 1.60. The number of pyridine rings is 2. The van der Waals surface area contributed by atoms with Crippen LogP contribution in [0.15, 0.2) is 41.1 Å². The van der Waals surface area contributed by atoms with Gasteiger partial charge >= 0.3 is 0 Å². The second-order valence-electron chi connectivity index (χ2n) is 3.54. The normalized spacial score (nSPS) is 10.4. The van der Waals surface area contributed by atoms with Gasteiger partial charge in [0.25, 0.3) is 0 Å². The summed E-state index contributed by atoms with van der Waals surface area (Å²) in [5.41, 5.74) is 3.48. The highest BCUT2D eigenvalue weighted by molar-refractivity contribution is 7.79. The molecule has 6 heteroatoms. The van der Waals surface area contributed by atoms with Gasteiger partial charge in [-0.15, -0.1) is 0 Å². The van der Waals surface area contributed by atoms with Crippen molar-refractivity contribution >= 4 is 34.8 Å². The molecule has 0 radical (unpaired) electrons. The summed E-state index contributed by atoms with van der Waals surface area (Å²) in [7, 11) is 0. The molecule has 0 unspecified atom stereocenters. The fraction of sp³-hybridized carbons (Fsp3) is 0. The summed E-state index contributed by atoms with van der Waals surface area (Å²) < 4.78 is 5.62. The Morgan fingerprint density at radius 1 is 1.22 bits per heavy atom. The molecule has 0 spiro atoms. The van der Waals surface area contributed by atoms with Crippen molar-refractivity contribution in [3.05, 3.63) is 36.7 Å². The van der Waals surface area contributed by atoms with Gasteiger partial charge in [0.2, 0.25) is 5.89 Å². The van der Waals surface area contributed by atoms with Crippen molar-refractivity contribution in [3.63, 3.8) is 0 Å². The number of aromatic nitrogens is 3. The summed E-state index contributed by atoms with van der Waals surface area (Å²) in [5.74, 6) is 1.16. The van der Waals surface area contributed by atoms with E-state index in [4.69, 9.17) is 16.6 Å². The van der Waals surface area contributed by atoms with Crippen LogP contribution in [0, 0.1) is 0 Å². The van der Waals surface area contributed by atoms with E-state index < -0.39 is 0 Å². The summed E-state index contributed by atoms with van der Waals surface area (Å²) in [4.78, 5) is 12.6. The van der Waals surface area contributed by atoms with Crippen molar-refractivity contribution in [2.75, 3.05) is 5.32 Å². The van der Waals surface area contributed by atoms with Gasteiger partial charge in [0.05, 0.1) is 5.49 Å². The van der Waals surface area contributed by atoms with Gasteiger partial charge < -0.3 is 9.73 Å². The molecule has 0 bridgehead atoms. The van der Waals surface area contributed by atoms with Crippen LogP contribution in [0.25, 0.3) is 22.7 Å². The number of oxazole rings is 1. The minimum atomic E-state index is 0.513. The molecule has 0 amide bonds. The molecule has 0 aromatic carbocycles. The molecule has 88 valence electrons. The third-order valence-electron chi connectivity index (χ3n) is 2.38. The molecular formula is C12H8N4OS. The SMILES string of the molecule is S=CNc1cc(-c2nc3ncccc3o2)ccn1. The monoisotopic (exact) mass is 256 g/mol. The van der Waals surface area contributed by atoms with E-state index >= 15 is 0 Å². The van der Waals surface area contributed by atoms with Crippen molar-refractivity contribution < 1.29 is 4.42 Å². The molecule has 0 aliphatic heterocycles. The highest BCUT2D eigenvalue weighted by Gasteiger charge is 2.09. The lowest BCUT2D eigenvalue weighted by molar-refractivity contribution is 0.619. The van der Waals surface area contributed by atoms with Gasteiger partial charge in [-0.2, -0.15) is 4.98 Å². The maximum Gasteiger partial charge on any atom is 0.229 e. The Morgan fingerprint density at radius 2 is 2.17 bits per heavy atom. The second kappa shape index (κ2) is 4.50. The number of anilines is 1. The number of nitrogens with zero attached hydrogens (tertiary/aromatic N) is 3. The van der Waals surface area contributed by atoms with Crippen LogP contribution in [0.5, 0.6) is 0 Å². The van der Waals surface area contributed by atoms with E-state index in [0.717, 1.165) is 5.56 Å². The predicted molar refractivity (Wildman–Crippen MR) is 72.3 cm³/mol. The van der Waals surface area contributed by atoms with Gasteiger partial charge in [-0.1, -0.05) is 12.2 Å². The summed E-state index contributed by atoms with van der Waals surface area (Å²) in [6, 6.07) is 7.27. The molecule has 3 rings (SSSR count). The molecule has 0 saturated heterocycles. The smallest absolute Gasteiger partial charge is 0.229 e. The van der Waals surface area contributed by atoms with Crippen molar-refractivity contribution in [1.82, 2.24) is 15.0 Å². The van der Waals surface area contributed by atoms with Gasteiger partial charge in [0.1, 0.15) is 5.82 Å². The zero-order chi connectivity index (χ0) is 12.4. The summed E-state index contributed by atoms with van der Waals surface area (Å²) in [6.45, 7) is 0. The first-order chi connectivity index (χ1) is 8.86. The number of hydrogen-bond donors (Lipinski definition) is 1. The molecule has 0 aliphatic rings. The van der Waals surface area contributed by atoms with E-state index in [9.17, 15) is 0 Å². The topological polar surface area (TPSA) is 63.8 Å². The molecule has 5 nitrogen and oxygen atoms in total. The van der Waals surface area contributed by atoms with E-state index in [-0.39, 0.29) is 0 Å². The molecular weight excluding hydrogens is 248 g/mol. The van der Waals surface area contributed by atoms with E-state index in [0.29, 0.717) is 22.9 Å². The van der Waals surface area contributed by atoms with Crippen LogP contribution in [0.4, 0.5) is 5.82 Å². The quantitative estimate of drug-likeness (QED) is 0.727. The Labute approximate surface area is 108 Å². The van der Waals surface area contributed by atoms with Crippen molar-refractivity contribution in [2.24, 2.45) is 0 Å². The zero-order valence-corrected chi connectivity index (χ0v) is 10.0. The average Bonchev–Trinajstić information content (AvgIpc) is 2.83. The van der Waals surface area contributed by atoms with Crippen LogP contribution in [-0.4, -0.2) is 20.4 Å². The molecule has 3 heterocycles. The van der Waals surface area contributed by atoms with Gasteiger partial charge in [-0.05, 0) is 24.3 Å². The molecule has 0 atom stereocenters. The van der Waals surface area contributed by atoms with Crippen molar-refractivity contribution in [2.45, 2.75) is 0 Å². The molecule has 0 aliphatic carbocycles. The number of hydrogen-bond acceptors (Lipinski definition) is 5. The number of fused-ring (bicyclic) bond motifs is 1. The Kier molecular flexibility index (Phi) is 2.70. The number of rotatable bonds is 3. The minimum Gasteiger partial charge on any atom is -0.434 e. The fourth-order valence-corrected chi connectivity index (χ4v) is 1.72. The standard InChI is InChI=1S/C12H8N4OS/c18-7-15-10-6-8(3-5-13-10)12-16-11-9(17-12)2-1-4-14-11/h1-7H,(H,13,15,18). The van der Waals surface area contributed by atoms with Crippen LogP contribution >= 0.6 is 12.2 Å². The van der Waals surface area contributed by atoms with Crippen LogP contribution in [0.3, 0.4) is 0 Å². The first kappa shape index (κ1) is 10.8. The zero-order valence-electron chi connectivity index (χ0n) is 9.20. The van der Waals surface area contributed by atoms with Crippen LogP contribution in [-0.2, 0) is 0 Å². The lowest BCUT2D eigenvalue weighted by Crippen LogP contribution is -1.94. The van der Waals surface area contributed by atoms with Crippen molar-refractivity contribution in [1.29, 1.82) is 0 Å². The third-order valence-corrected chi connectivity index (χ3v) is 2.50. The second-order valence-corrected chi connectivity index (χ2v) is 3.77. The summed E-state index contributed by atoms with van der Waals surface area (Å²) in [6.07, 6.45) is 3.35. The Bertz CT molecular complexity index is 677. The van der Waals surface area contributed by atoms with E-state index in [1.807, 2.05) is 24.3 Å². The lowest BCUT2D eigenvalue weighted by atomic mass is 10.2. The van der Waals surface area contributed by atoms with Gasteiger partial charge in [0, 0.05) is 18.0 Å². The molecule has 18 heavy (non-hydrogen) atoms. The van der Waals surface area contributed by atoms with Crippen LogP contribution < -0.4 is 5.32 Å². The Hall–Kier alpha value is -2.34. The molecule has 1 N–H and O–H groups in total. The highest BCUT2D eigenvalue weighted by Crippen LogP contribution is 2.23. The maximum absolute atomic E-state index is 5.62. The predicted octanol–water partition coefficient (Wildman–Crippen LogP) is 2.65. The Balaban J connectivity index is 2.08. The number of thiocarbonyl (C=S) groups is 1. The summed E-state index contributed by atoms with van der Waals surface area (Å²) in [5, 5.41) is 2.85. The largest absolute Gasteiger partial charge is 0.434 e. The van der Waals surface area contributed by atoms with Crippen LogP contribution in [0.1, 0.15) is 0 Å². The highest BCUT2D eigenvalue weighted by atomic mass is 32.1. The van der Waals surface area contributed by atoms with E-state index in [1.54, 1.807) is 12.4 Å². The van der Waals surface area contributed by atoms with Gasteiger partial charge in [-0.25, -0.2) is 9.97 Å². The lowest BCUT2D eigenvalue weighted by Gasteiger charge is -1.99. The first-order valence-electron chi connectivity index (χ1n) is 5.25.